The van der Waals surface area contributed by atoms with Crippen LogP contribution in [-0.2, 0) is 16.1 Å². The Morgan fingerprint density at radius 2 is 2.21 bits per heavy atom. The summed E-state index contributed by atoms with van der Waals surface area (Å²) in [6.45, 7) is 0.557. The molecule has 0 radical (unpaired) electrons. The Morgan fingerprint density at radius 3 is 2.92 bits per heavy atom. The maximum atomic E-state index is 13.2. The number of benzene rings is 1. The van der Waals surface area contributed by atoms with Crippen molar-refractivity contribution in [2.45, 2.75) is 13.0 Å². The monoisotopic (exact) mass is 347 g/mol. The van der Waals surface area contributed by atoms with Crippen molar-refractivity contribution < 1.29 is 14.0 Å². The molecule has 2 aromatic rings. The van der Waals surface area contributed by atoms with Crippen LogP contribution in [-0.4, -0.2) is 23.3 Å². The lowest BCUT2D eigenvalue weighted by molar-refractivity contribution is -0.126. The van der Waals surface area contributed by atoms with Crippen molar-refractivity contribution >= 4 is 29.1 Å². The molecule has 0 saturated carbocycles. The van der Waals surface area contributed by atoms with Gasteiger partial charge < -0.3 is 10.2 Å². The first-order valence-corrected chi connectivity index (χ1v) is 7.85. The van der Waals surface area contributed by atoms with E-state index in [2.05, 4.69) is 10.3 Å². The van der Waals surface area contributed by atoms with Crippen LogP contribution in [0, 0.1) is 11.7 Å². The Morgan fingerprint density at radius 1 is 1.38 bits per heavy atom. The molecule has 1 N–H and O–H groups in total. The molecule has 7 heteroatoms. The zero-order valence-electron chi connectivity index (χ0n) is 12.7. The highest BCUT2D eigenvalue weighted by atomic mass is 35.5. The number of rotatable bonds is 4. The fraction of sp³-hybridized carbons (Fsp3) is 0.235. The van der Waals surface area contributed by atoms with Gasteiger partial charge >= 0.3 is 0 Å². The molecule has 1 atom stereocenters. The predicted molar refractivity (Wildman–Crippen MR) is 88.0 cm³/mol. The van der Waals surface area contributed by atoms with E-state index < -0.39 is 11.7 Å². The van der Waals surface area contributed by atoms with Gasteiger partial charge in [0.25, 0.3) is 0 Å². The Labute approximate surface area is 143 Å². The maximum Gasteiger partial charge on any atom is 0.227 e. The topological polar surface area (TPSA) is 62.3 Å². The summed E-state index contributed by atoms with van der Waals surface area (Å²) in [5, 5.41) is 2.74. The lowest BCUT2D eigenvalue weighted by Crippen LogP contribution is -2.32. The second kappa shape index (κ2) is 6.97. The van der Waals surface area contributed by atoms with E-state index in [-0.39, 0.29) is 29.8 Å². The van der Waals surface area contributed by atoms with E-state index in [1.54, 1.807) is 12.3 Å². The summed E-state index contributed by atoms with van der Waals surface area (Å²) in [6.07, 6.45) is 1.77. The molecule has 0 aliphatic carbocycles. The number of carbonyl (C=O) groups excluding carboxylic acids is 2. The van der Waals surface area contributed by atoms with Crippen molar-refractivity contribution in [1.82, 2.24) is 10.3 Å². The SMILES string of the molecule is O=C(NCc1ccccn1)[C@H]1CC(=O)N(c2ccc(F)c(Cl)c2)C1. The predicted octanol–water partition coefficient (Wildman–Crippen LogP) is 2.54. The van der Waals surface area contributed by atoms with Gasteiger partial charge in [-0.15, -0.1) is 0 Å². The molecule has 0 bridgehead atoms. The molecule has 2 heterocycles. The number of carbonyl (C=O) groups is 2. The zero-order chi connectivity index (χ0) is 17.1. The Hall–Kier alpha value is -2.47. The summed E-state index contributed by atoms with van der Waals surface area (Å²) in [5.74, 6) is -1.39. The average molecular weight is 348 g/mol. The number of nitrogens with zero attached hydrogens (tertiary/aromatic N) is 2. The molecule has 1 aromatic heterocycles. The summed E-state index contributed by atoms with van der Waals surface area (Å²) in [6, 6.07) is 9.53. The molecule has 24 heavy (non-hydrogen) atoms. The normalized spacial score (nSPS) is 17.2. The number of pyridine rings is 1. The molecule has 1 aliphatic rings. The van der Waals surface area contributed by atoms with E-state index >= 15 is 0 Å². The molecular weight excluding hydrogens is 333 g/mol. The van der Waals surface area contributed by atoms with E-state index in [0.717, 1.165) is 5.69 Å². The number of halogens is 2. The third kappa shape index (κ3) is 3.54. The molecule has 124 valence electrons. The van der Waals surface area contributed by atoms with Crippen molar-refractivity contribution in [2.75, 3.05) is 11.4 Å². The summed E-state index contributed by atoms with van der Waals surface area (Å²) in [5.41, 5.74) is 1.24. The average Bonchev–Trinajstić information content (AvgIpc) is 2.98. The number of nitrogens with one attached hydrogen (secondary N) is 1. The van der Waals surface area contributed by atoms with Crippen LogP contribution in [0.2, 0.25) is 5.02 Å². The van der Waals surface area contributed by atoms with Gasteiger partial charge in [-0.1, -0.05) is 17.7 Å². The Kier molecular flexibility index (Phi) is 4.76. The van der Waals surface area contributed by atoms with Crippen LogP contribution in [0.15, 0.2) is 42.6 Å². The van der Waals surface area contributed by atoms with Gasteiger partial charge in [0.15, 0.2) is 0 Å². The minimum absolute atomic E-state index is 0.0525. The van der Waals surface area contributed by atoms with Gasteiger partial charge in [0.05, 0.1) is 23.2 Å². The molecule has 0 spiro atoms. The standard InChI is InChI=1S/C17H15ClFN3O2/c18-14-8-13(4-5-15(14)19)22-10-11(7-16(22)23)17(24)21-9-12-3-1-2-6-20-12/h1-6,8,11H,7,9-10H2,(H,21,24)/t11-/m0/s1. The third-order valence-electron chi connectivity index (χ3n) is 3.88. The van der Waals surface area contributed by atoms with Crippen LogP contribution >= 0.6 is 11.6 Å². The van der Waals surface area contributed by atoms with E-state index in [1.807, 2.05) is 12.1 Å². The van der Waals surface area contributed by atoms with Gasteiger partial charge in [0.1, 0.15) is 5.82 Å². The summed E-state index contributed by atoms with van der Waals surface area (Å²) in [4.78, 5) is 30.0. The summed E-state index contributed by atoms with van der Waals surface area (Å²) in [7, 11) is 0. The van der Waals surface area contributed by atoms with Crippen molar-refractivity contribution in [3.8, 4) is 0 Å². The van der Waals surface area contributed by atoms with Crippen LogP contribution in [0.25, 0.3) is 0 Å². The molecule has 2 amide bonds. The second-order valence-corrected chi connectivity index (χ2v) is 5.95. The lowest BCUT2D eigenvalue weighted by Gasteiger charge is -2.17. The van der Waals surface area contributed by atoms with Gasteiger partial charge in [-0.25, -0.2) is 4.39 Å². The van der Waals surface area contributed by atoms with E-state index in [4.69, 9.17) is 11.6 Å². The zero-order valence-corrected chi connectivity index (χ0v) is 13.5. The van der Waals surface area contributed by atoms with E-state index in [9.17, 15) is 14.0 Å². The quantitative estimate of drug-likeness (QED) is 0.924. The van der Waals surface area contributed by atoms with Crippen LogP contribution in [0.4, 0.5) is 10.1 Å². The molecule has 3 rings (SSSR count). The number of amides is 2. The molecule has 0 unspecified atom stereocenters. The highest BCUT2D eigenvalue weighted by molar-refractivity contribution is 6.31. The highest BCUT2D eigenvalue weighted by Crippen LogP contribution is 2.28. The second-order valence-electron chi connectivity index (χ2n) is 5.54. The smallest absolute Gasteiger partial charge is 0.227 e. The van der Waals surface area contributed by atoms with Gasteiger partial charge in [-0.05, 0) is 30.3 Å². The summed E-state index contributed by atoms with van der Waals surface area (Å²) >= 11 is 5.76. The fourth-order valence-electron chi connectivity index (χ4n) is 2.61. The lowest BCUT2D eigenvalue weighted by atomic mass is 10.1. The number of hydrogen-bond acceptors (Lipinski definition) is 3. The van der Waals surface area contributed by atoms with Crippen LogP contribution in [0.3, 0.4) is 0 Å². The van der Waals surface area contributed by atoms with E-state index in [0.29, 0.717) is 12.2 Å². The Balaban J connectivity index is 1.63. The van der Waals surface area contributed by atoms with Crippen molar-refractivity contribution in [3.05, 3.63) is 59.1 Å². The van der Waals surface area contributed by atoms with Crippen LogP contribution in [0.1, 0.15) is 12.1 Å². The first kappa shape index (κ1) is 16.4. The first-order valence-electron chi connectivity index (χ1n) is 7.47. The van der Waals surface area contributed by atoms with Gasteiger partial charge in [-0.3, -0.25) is 14.6 Å². The summed E-state index contributed by atoms with van der Waals surface area (Å²) < 4.78 is 13.2. The van der Waals surface area contributed by atoms with Crippen LogP contribution < -0.4 is 10.2 Å². The van der Waals surface area contributed by atoms with Crippen molar-refractivity contribution in [3.63, 3.8) is 0 Å². The molecule has 1 saturated heterocycles. The minimum Gasteiger partial charge on any atom is -0.350 e. The third-order valence-corrected chi connectivity index (χ3v) is 4.17. The molecule has 1 aliphatic heterocycles. The molecular formula is C17H15ClFN3O2. The maximum absolute atomic E-state index is 13.2. The number of anilines is 1. The molecule has 5 nitrogen and oxygen atoms in total. The number of aromatic nitrogens is 1. The van der Waals surface area contributed by atoms with Gasteiger partial charge in [0.2, 0.25) is 11.8 Å². The Bertz CT molecular complexity index is 770. The highest BCUT2D eigenvalue weighted by Gasteiger charge is 2.35. The van der Waals surface area contributed by atoms with Gasteiger partial charge in [-0.2, -0.15) is 0 Å². The molecule has 1 aromatic carbocycles. The first-order chi connectivity index (χ1) is 11.5. The fourth-order valence-corrected chi connectivity index (χ4v) is 2.79. The largest absolute Gasteiger partial charge is 0.350 e. The minimum atomic E-state index is -0.545. The van der Waals surface area contributed by atoms with Crippen molar-refractivity contribution in [1.29, 1.82) is 0 Å². The van der Waals surface area contributed by atoms with Gasteiger partial charge in [0, 0.05) is 24.8 Å². The number of hydrogen-bond donors (Lipinski definition) is 1. The van der Waals surface area contributed by atoms with Crippen molar-refractivity contribution in [2.24, 2.45) is 5.92 Å². The molecule has 1 fully saturated rings. The van der Waals surface area contributed by atoms with Crippen LogP contribution in [0.5, 0.6) is 0 Å². The van der Waals surface area contributed by atoms with E-state index in [1.165, 1.54) is 23.1 Å².